The molecule has 0 aromatic heterocycles. The SMILES string of the molecule is CC[C@H]1[C@@H](O)C2C3CC[C@H]([C@H](C)C/C=C/c4cccc(C(=O)O)c4)[C@@]3(C)CCC2[C@@]2(C)CC[C@@H](O)C[C@@H]12. The minimum atomic E-state index is -0.885. The Hall–Kier alpha value is -1.65. The van der Waals surface area contributed by atoms with Gasteiger partial charge < -0.3 is 15.3 Å². The number of aliphatic hydroxyl groups excluding tert-OH is 2. The van der Waals surface area contributed by atoms with Crippen molar-refractivity contribution in [1.29, 1.82) is 0 Å². The molecule has 0 radical (unpaired) electrons. The third kappa shape index (κ3) is 4.50. The van der Waals surface area contributed by atoms with Crippen molar-refractivity contribution in [2.75, 3.05) is 0 Å². The summed E-state index contributed by atoms with van der Waals surface area (Å²) in [6.07, 6.45) is 13.7. The first kappa shape index (κ1) is 26.9. The van der Waals surface area contributed by atoms with Gasteiger partial charge in [-0.15, -0.1) is 0 Å². The largest absolute Gasteiger partial charge is 0.478 e. The number of rotatable bonds is 6. The molecule has 4 nitrogen and oxygen atoms in total. The maximum Gasteiger partial charge on any atom is 0.335 e. The highest BCUT2D eigenvalue weighted by Gasteiger charge is 2.64. The number of benzene rings is 1. The molecule has 0 spiro atoms. The van der Waals surface area contributed by atoms with Gasteiger partial charge in [0.15, 0.2) is 0 Å². The van der Waals surface area contributed by atoms with E-state index in [1.54, 1.807) is 12.1 Å². The summed E-state index contributed by atoms with van der Waals surface area (Å²) >= 11 is 0. The Morgan fingerprint density at radius 2 is 1.78 bits per heavy atom. The first-order valence-electron chi connectivity index (χ1n) is 15.0. The highest BCUT2D eigenvalue weighted by molar-refractivity contribution is 5.88. The van der Waals surface area contributed by atoms with Gasteiger partial charge in [0.2, 0.25) is 0 Å². The molecule has 0 amide bonds. The Labute approximate surface area is 223 Å². The Bertz CT molecular complexity index is 1020. The minimum absolute atomic E-state index is 0.193. The predicted octanol–water partition coefficient (Wildman–Crippen LogP) is 7.05. The lowest BCUT2D eigenvalue weighted by atomic mass is 9.41. The van der Waals surface area contributed by atoms with E-state index in [2.05, 4.69) is 39.8 Å². The van der Waals surface area contributed by atoms with Crippen LogP contribution in [0.2, 0.25) is 0 Å². The molecule has 3 unspecified atom stereocenters. The van der Waals surface area contributed by atoms with Gasteiger partial charge in [0.05, 0.1) is 17.8 Å². The predicted molar refractivity (Wildman–Crippen MR) is 148 cm³/mol. The Morgan fingerprint density at radius 3 is 2.51 bits per heavy atom. The average molecular weight is 509 g/mol. The summed E-state index contributed by atoms with van der Waals surface area (Å²) in [6, 6.07) is 7.16. The molecule has 0 saturated heterocycles. The van der Waals surface area contributed by atoms with E-state index in [1.807, 2.05) is 12.1 Å². The van der Waals surface area contributed by atoms with Gasteiger partial charge in [0.1, 0.15) is 0 Å². The van der Waals surface area contributed by atoms with Crippen LogP contribution in [0, 0.1) is 52.3 Å². The number of aliphatic hydroxyl groups is 2. The Kier molecular flexibility index (Phi) is 7.39. The number of allylic oxidation sites excluding steroid dienone is 1. The smallest absolute Gasteiger partial charge is 0.335 e. The molecule has 0 heterocycles. The van der Waals surface area contributed by atoms with Crippen LogP contribution in [-0.4, -0.2) is 33.5 Å². The lowest BCUT2D eigenvalue weighted by Crippen LogP contribution is -2.62. The normalized spacial score (nSPS) is 44.2. The average Bonchev–Trinajstić information content (AvgIpc) is 3.22. The van der Waals surface area contributed by atoms with Crippen LogP contribution in [-0.2, 0) is 0 Å². The summed E-state index contributed by atoms with van der Waals surface area (Å²) in [7, 11) is 0. The van der Waals surface area contributed by atoms with Crippen LogP contribution < -0.4 is 0 Å². The van der Waals surface area contributed by atoms with Crippen molar-refractivity contribution < 1.29 is 20.1 Å². The quantitative estimate of drug-likeness (QED) is 0.385. The zero-order chi connectivity index (χ0) is 26.5. The summed E-state index contributed by atoms with van der Waals surface area (Å²) < 4.78 is 0. The van der Waals surface area contributed by atoms with Crippen LogP contribution in [0.3, 0.4) is 0 Å². The first-order chi connectivity index (χ1) is 17.6. The Balaban J connectivity index is 1.33. The summed E-state index contributed by atoms with van der Waals surface area (Å²) in [5, 5.41) is 31.7. The number of carboxylic acids is 1. The van der Waals surface area contributed by atoms with Crippen LogP contribution in [0.4, 0.5) is 0 Å². The summed E-state index contributed by atoms with van der Waals surface area (Å²) in [6.45, 7) is 9.69. The standard InChI is InChI=1S/C33H48O4/c1-5-24-28-19-23(34)14-16-33(28,4)27-15-17-32(3)25(12-13-26(32)29(27)30(24)35)20(2)8-6-9-21-10-7-11-22(18-21)31(36)37/h6-7,9-11,18,20,23-30,34-35H,5,8,12-17,19H2,1-4H3,(H,36,37)/b9-6+/t20-,23-,24-,25-,26?,27?,28+,29?,30-,32-,33-/m1/s1. The van der Waals surface area contributed by atoms with E-state index in [0.29, 0.717) is 47.0 Å². The molecule has 3 N–H and O–H groups in total. The molecule has 4 fully saturated rings. The third-order valence-electron chi connectivity index (χ3n) is 12.1. The molecular formula is C33H48O4. The van der Waals surface area contributed by atoms with E-state index in [0.717, 1.165) is 37.7 Å². The summed E-state index contributed by atoms with van der Waals surface area (Å²) in [4.78, 5) is 11.3. The molecule has 0 aliphatic heterocycles. The summed E-state index contributed by atoms with van der Waals surface area (Å²) in [5.41, 5.74) is 1.80. The second kappa shape index (κ2) is 10.2. The zero-order valence-electron chi connectivity index (χ0n) is 23.3. The first-order valence-corrected chi connectivity index (χ1v) is 15.0. The maximum atomic E-state index is 11.9. The minimum Gasteiger partial charge on any atom is -0.478 e. The van der Waals surface area contributed by atoms with E-state index in [9.17, 15) is 20.1 Å². The number of fused-ring (bicyclic) bond motifs is 5. The van der Waals surface area contributed by atoms with Crippen LogP contribution in [0.5, 0.6) is 0 Å². The fourth-order valence-corrected chi connectivity index (χ4v) is 10.3. The molecule has 204 valence electrons. The van der Waals surface area contributed by atoms with E-state index in [4.69, 9.17) is 0 Å². The van der Waals surface area contributed by atoms with Crippen LogP contribution >= 0.6 is 0 Å². The zero-order valence-corrected chi connectivity index (χ0v) is 23.3. The fourth-order valence-electron chi connectivity index (χ4n) is 10.3. The van der Waals surface area contributed by atoms with Gasteiger partial charge in [-0.05, 0) is 121 Å². The van der Waals surface area contributed by atoms with Gasteiger partial charge >= 0.3 is 5.97 Å². The molecule has 1 aromatic carbocycles. The van der Waals surface area contributed by atoms with Crippen molar-refractivity contribution in [3.63, 3.8) is 0 Å². The number of hydrogen-bond acceptors (Lipinski definition) is 3. The molecule has 4 aliphatic carbocycles. The second-order valence-electron chi connectivity index (χ2n) is 13.7. The number of carbonyl (C=O) groups is 1. The molecule has 5 rings (SSSR count). The van der Waals surface area contributed by atoms with Crippen LogP contribution in [0.1, 0.15) is 101 Å². The topological polar surface area (TPSA) is 77.8 Å². The maximum absolute atomic E-state index is 11.9. The van der Waals surface area contributed by atoms with Gasteiger partial charge in [0.25, 0.3) is 0 Å². The van der Waals surface area contributed by atoms with Crippen LogP contribution in [0.25, 0.3) is 6.08 Å². The van der Waals surface area contributed by atoms with Crippen molar-refractivity contribution in [3.8, 4) is 0 Å². The van der Waals surface area contributed by atoms with E-state index in [1.165, 1.54) is 25.7 Å². The molecule has 0 bridgehead atoms. The molecule has 4 aliphatic rings. The molecule has 4 saturated carbocycles. The van der Waals surface area contributed by atoms with Crippen molar-refractivity contribution in [1.82, 2.24) is 0 Å². The van der Waals surface area contributed by atoms with Crippen molar-refractivity contribution in [3.05, 3.63) is 41.5 Å². The monoisotopic (exact) mass is 508 g/mol. The lowest BCUT2D eigenvalue weighted by molar-refractivity contribution is -0.203. The molecule has 1 aromatic rings. The van der Waals surface area contributed by atoms with Gasteiger partial charge in [0, 0.05) is 0 Å². The van der Waals surface area contributed by atoms with E-state index >= 15 is 0 Å². The Morgan fingerprint density at radius 1 is 1.05 bits per heavy atom. The summed E-state index contributed by atoms with van der Waals surface area (Å²) in [5.74, 6) is 2.64. The lowest BCUT2D eigenvalue weighted by Gasteiger charge is -2.64. The highest BCUT2D eigenvalue weighted by atomic mass is 16.4. The van der Waals surface area contributed by atoms with Gasteiger partial charge in [-0.1, -0.05) is 58.4 Å². The highest BCUT2D eigenvalue weighted by Crippen LogP contribution is 2.69. The molecule has 11 atom stereocenters. The van der Waals surface area contributed by atoms with Crippen LogP contribution in [0.15, 0.2) is 30.3 Å². The van der Waals surface area contributed by atoms with Gasteiger partial charge in [-0.3, -0.25) is 0 Å². The van der Waals surface area contributed by atoms with Crippen molar-refractivity contribution in [2.24, 2.45) is 52.3 Å². The van der Waals surface area contributed by atoms with E-state index < -0.39 is 5.97 Å². The fraction of sp³-hybridized carbons (Fsp3) is 0.727. The van der Waals surface area contributed by atoms with Gasteiger partial charge in [-0.25, -0.2) is 4.79 Å². The number of aromatic carboxylic acids is 1. The van der Waals surface area contributed by atoms with Crippen molar-refractivity contribution >= 4 is 12.0 Å². The molecule has 4 heteroatoms. The van der Waals surface area contributed by atoms with Gasteiger partial charge in [-0.2, -0.15) is 0 Å². The second-order valence-corrected chi connectivity index (χ2v) is 13.7. The number of carboxylic acid groups (broad SMARTS) is 1. The molecular weight excluding hydrogens is 460 g/mol. The molecule has 37 heavy (non-hydrogen) atoms. The number of hydrogen-bond donors (Lipinski definition) is 3. The van der Waals surface area contributed by atoms with Crippen molar-refractivity contribution in [2.45, 2.75) is 97.7 Å². The third-order valence-corrected chi connectivity index (χ3v) is 12.1. The van der Waals surface area contributed by atoms with E-state index in [-0.39, 0.29) is 23.0 Å².